The van der Waals surface area contributed by atoms with Gasteiger partial charge < -0.3 is 14.2 Å². The highest BCUT2D eigenvalue weighted by atomic mass is 16.6. The van der Waals surface area contributed by atoms with Gasteiger partial charge in [0, 0.05) is 11.3 Å². The zero-order chi connectivity index (χ0) is 15.0. The standard InChI is InChI=1S/C15H21NO4/c1-14(2,3)20-13(17)16-10-6-7-12(18-5)11(8-10)15(4)9-19-15/h6-8H,9H2,1-5H3,(H,16,17). The van der Waals surface area contributed by atoms with Crippen LogP contribution >= 0.6 is 0 Å². The molecule has 0 aliphatic carbocycles. The molecular weight excluding hydrogens is 258 g/mol. The van der Waals surface area contributed by atoms with E-state index in [1.165, 1.54) is 0 Å². The van der Waals surface area contributed by atoms with Gasteiger partial charge in [0.25, 0.3) is 0 Å². The molecule has 2 rings (SSSR count). The lowest BCUT2D eigenvalue weighted by Gasteiger charge is -2.20. The molecule has 1 saturated heterocycles. The summed E-state index contributed by atoms with van der Waals surface area (Å²) in [5.41, 5.74) is 0.738. The second-order valence-corrected chi connectivity index (χ2v) is 6.06. The van der Waals surface area contributed by atoms with Crippen LogP contribution in [0.5, 0.6) is 5.75 Å². The van der Waals surface area contributed by atoms with E-state index in [4.69, 9.17) is 14.2 Å². The minimum Gasteiger partial charge on any atom is -0.496 e. The van der Waals surface area contributed by atoms with Gasteiger partial charge in [-0.3, -0.25) is 5.32 Å². The van der Waals surface area contributed by atoms with E-state index in [1.807, 2.05) is 39.8 Å². The lowest BCUT2D eigenvalue weighted by atomic mass is 10.0. The summed E-state index contributed by atoms with van der Waals surface area (Å²) in [6.07, 6.45) is -0.476. The van der Waals surface area contributed by atoms with Crippen LogP contribution in [0.15, 0.2) is 18.2 Å². The lowest BCUT2D eigenvalue weighted by molar-refractivity contribution is 0.0636. The molecule has 110 valence electrons. The third-order valence-electron chi connectivity index (χ3n) is 2.99. The van der Waals surface area contributed by atoms with Gasteiger partial charge >= 0.3 is 6.09 Å². The number of carbonyl (C=O) groups is 1. The van der Waals surface area contributed by atoms with Crippen molar-refractivity contribution in [3.05, 3.63) is 23.8 Å². The number of epoxide rings is 1. The summed E-state index contributed by atoms with van der Waals surface area (Å²) in [7, 11) is 1.62. The Morgan fingerprint density at radius 3 is 2.55 bits per heavy atom. The zero-order valence-electron chi connectivity index (χ0n) is 12.6. The van der Waals surface area contributed by atoms with Crippen molar-refractivity contribution >= 4 is 11.8 Å². The first-order valence-electron chi connectivity index (χ1n) is 6.56. The molecule has 0 bridgehead atoms. The minimum atomic E-state index is -0.523. The number of carbonyl (C=O) groups excluding carboxylic acids is 1. The predicted molar refractivity (Wildman–Crippen MR) is 76.2 cm³/mol. The molecular formula is C15H21NO4. The Hall–Kier alpha value is -1.75. The van der Waals surface area contributed by atoms with Crippen LogP contribution in [0, 0.1) is 0 Å². The van der Waals surface area contributed by atoms with E-state index >= 15 is 0 Å². The van der Waals surface area contributed by atoms with E-state index in [2.05, 4.69) is 5.32 Å². The number of amides is 1. The number of ether oxygens (including phenoxy) is 3. The van der Waals surface area contributed by atoms with Gasteiger partial charge in [-0.15, -0.1) is 0 Å². The highest BCUT2D eigenvalue weighted by Gasteiger charge is 2.43. The first kappa shape index (κ1) is 14.7. The Morgan fingerprint density at radius 2 is 2.05 bits per heavy atom. The van der Waals surface area contributed by atoms with Gasteiger partial charge in [0.1, 0.15) is 17.0 Å². The summed E-state index contributed by atoms with van der Waals surface area (Å²) in [6.45, 7) is 8.11. The van der Waals surface area contributed by atoms with Crippen LogP contribution in [0.3, 0.4) is 0 Å². The molecule has 1 aliphatic heterocycles. The Morgan fingerprint density at radius 1 is 1.40 bits per heavy atom. The quantitative estimate of drug-likeness (QED) is 0.862. The predicted octanol–water partition coefficient (Wildman–Crippen LogP) is 3.29. The Kier molecular flexibility index (Phi) is 3.65. The summed E-state index contributed by atoms with van der Waals surface area (Å²) in [4.78, 5) is 11.8. The largest absolute Gasteiger partial charge is 0.496 e. The van der Waals surface area contributed by atoms with Gasteiger partial charge in [0.2, 0.25) is 0 Å². The van der Waals surface area contributed by atoms with Gasteiger partial charge in [-0.25, -0.2) is 4.79 Å². The van der Waals surface area contributed by atoms with E-state index < -0.39 is 11.7 Å². The second-order valence-electron chi connectivity index (χ2n) is 6.06. The fourth-order valence-electron chi connectivity index (χ4n) is 1.88. The molecule has 1 N–H and O–H groups in total. The molecule has 1 fully saturated rings. The molecule has 0 spiro atoms. The zero-order valence-corrected chi connectivity index (χ0v) is 12.6. The van der Waals surface area contributed by atoms with Crippen molar-refractivity contribution < 1.29 is 19.0 Å². The highest BCUT2D eigenvalue weighted by molar-refractivity contribution is 5.85. The first-order chi connectivity index (χ1) is 9.23. The van der Waals surface area contributed by atoms with E-state index in [9.17, 15) is 4.79 Å². The van der Waals surface area contributed by atoms with Crippen molar-refractivity contribution in [1.29, 1.82) is 0 Å². The first-order valence-corrected chi connectivity index (χ1v) is 6.56. The number of methoxy groups -OCH3 is 1. The van der Waals surface area contributed by atoms with Crippen molar-refractivity contribution in [3.8, 4) is 5.75 Å². The summed E-state index contributed by atoms with van der Waals surface area (Å²) in [5, 5.41) is 2.72. The summed E-state index contributed by atoms with van der Waals surface area (Å²) in [6, 6.07) is 5.45. The average molecular weight is 279 g/mol. The normalized spacial score (nSPS) is 21.2. The molecule has 0 radical (unpaired) electrons. The minimum absolute atomic E-state index is 0.322. The third-order valence-corrected chi connectivity index (χ3v) is 2.99. The number of hydrogen-bond donors (Lipinski definition) is 1. The number of hydrogen-bond acceptors (Lipinski definition) is 4. The third kappa shape index (κ3) is 3.42. The number of rotatable bonds is 3. The number of anilines is 1. The maximum atomic E-state index is 11.8. The highest BCUT2D eigenvalue weighted by Crippen LogP contribution is 2.43. The molecule has 1 unspecified atom stereocenters. The van der Waals surface area contributed by atoms with Crippen LogP contribution in [0.2, 0.25) is 0 Å². The van der Waals surface area contributed by atoms with Crippen LogP contribution in [0.4, 0.5) is 10.5 Å². The molecule has 1 atom stereocenters. The summed E-state index contributed by atoms with van der Waals surface area (Å²) in [5.74, 6) is 0.750. The van der Waals surface area contributed by atoms with Gasteiger partial charge in [-0.2, -0.15) is 0 Å². The van der Waals surface area contributed by atoms with E-state index in [0.717, 1.165) is 11.3 Å². The molecule has 0 aromatic heterocycles. The smallest absolute Gasteiger partial charge is 0.412 e. The van der Waals surface area contributed by atoms with Crippen LogP contribution < -0.4 is 10.1 Å². The second kappa shape index (κ2) is 4.98. The molecule has 1 amide bonds. The van der Waals surface area contributed by atoms with Crippen molar-refractivity contribution in [3.63, 3.8) is 0 Å². The molecule has 5 nitrogen and oxygen atoms in total. The Bertz CT molecular complexity index is 515. The number of nitrogens with one attached hydrogen (secondary N) is 1. The van der Waals surface area contributed by atoms with Gasteiger partial charge in [0.15, 0.2) is 0 Å². The number of benzene rings is 1. The molecule has 0 saturated carbocycles. The van der Waals surface area contributed by atoms with Crippen LogP contribution in [-0.4, -0.2) is 25.4 Å². The van der Waals surface area contributed by atoms with Crippen molar-refractivity contribution in [2.75, 3.05) is 19.0 Å². The molecule has 1 heterocycles. The van der Waals surface area contributed by atoms with Crippen LogP contribution in [0.1, 0.15) is 33.3 Å². The maximum Gasteiger partial charge on any atom is 0.412 e. The van der Waals surface area contributed by atoms with Crippen molar-refractivity contribution in [2.24, 2.45) is 0 Å². The van der Waals surface area contributed by atoms with Gasteiger partial charge in [-0.05, 0) is 45.9 Å². The average Bonchev–Trinajstić information content (AvgIpc) is 3.06. The maximum absolute atomic E-state index is 11.8. The summed E-state index contributed by atoms with van der Waals surface area (Å²) < 4.78 is 16.0. The van der Waals surface area contributed by atoms with Crippen molar-refractivity contribution in [1.82, 2.24) is 0 Å². The Balaban J connectivity index is 2.16. The van der Waals surface area contributed by atoms with Gasteiger partial charge in [0.05, 0.1) is 13.7 Å². The van der Waals surface area contributed by atoms with Crippen LogP contribution in [0.25, 0.3) is 0 Å². The van der Waals surface area contributed by atoms with Gasteiger partial charge in [-0.1, -0.05) is 0 Å². The van der Waals surface area contributed by atoms with Crippen LogP contribution in [-0.2, 0) is 15.1 Å². The Labute approximate surface area is 119 Å². The SMILES string of the molecule is COc1ccc(NC(=O)OC(C)(C)C)cc1C1(C)CO1. The van der Waals surface area contributed by atoms with E-state index in [1.54, 1.807) is 13.2 Å². The topological polar surface area (TPSA) is 60.1 Å². The molecule has 5 heteroatoms. The molecule has 20 heavy (non-hydrogen) atoms. The van der Waals surface area contributed by atoms with E-state index in [0.29, 0.717) is 12.3 Å². The summed E-state index contributed by atoms with van der Waals surface area (Å²) >= 11 is 0. The fourth-order valence-corrected chi connectivity index (χ4v) is 1.88. The lowest BCUT2D eigenvalue weighted by Crippen LogP contribution is -2.27. The van der Waals surface area contributed by atoms with E-state index in [-0.39, 0.29) is 5.60 Å². The fraction of sp³-hybridized carbons (Fsp3) is 0.533. The van der Waals surface area contributed by atoms with Crippen molar-refractivity contribution in [2.45, 2.75) is 38.9 Å². The molecule has 1 aromatic rings. The monoisotopic (exact) mass is 279 g/mol. The molecule has 1 aromatic carbocycles. The molecule has 1 aliphatic rings.